The molecule has 1 heterocycles. The van der Waals surface area contributed by atoms with E-state index in [-0.39, 0.29) is 28.1 Å². The molecule has 3 rings (SSSR count). The van der Waals surface area contributed by atoms with Gasteiger partial charge in [0.25, 0.3) is 0 Å². The number of aromatic nitrogens is 1. The first-order valence-electron chi connectivity index (χ1n) is 7.43. The molecule has 134 valence electrons. The summed E-state index contributed by atoms with van der Waals surface area (Å²) in [6, 6.07) is 3.19. The second kappa shape index (κ2) is 6.92. The summed E-state index contributed by atoms with van der Waals surface area (Å²) in [6.45, 7) is 1.71. The van der Waals surface area contributed by atoms with Gasteiger partial charge in [0, 0.05) is 28.8 Å². The van der Waals surface area contributed by atoms with Gasteiger partial charge in [-0.05, 0) is 25.1 Å². The quantitative estimate of drug-likeness (QED) is 0.350. The van der Waals surface area contributed by atoms with E-state index in [1.165, 1.54) is 6.07 Å². The minimum Gasteiger partial charge on any atom is -0.462 e. The Morgan fingerprint density at radius 2 is 1.88 bits per heavy atom. The molecule has 0 unspecified atom stereocenters. The van der Waals surface area contributed by atoms with Crippen molar-refractivity contribution in [3.63, 3.8) is 0 Å². The van der Waals surface area contributed by atoms with E-state index in [4.69, 9.17) is 16.3 Å². The number of carbonyl (C=O) groups excluding carboxylic acids is 1. The van der Waals surface area contributed by atoms with Gasteiger partial charge in [0.1, 0.15) is 11.6 Å². The van der Waals surface area contributed by atoms with Gasteiger partial charge in [-0.25, -0.2) is 22.4 Å². The Morgan fingerprint density at radius 3 is 2.58 bits per heavy atom. The first-order valence-corrected chi connectivity index (χ1v) is 7.81. The molecule has 0 aliphatic carbocycles. The van der Waals surface area contributed by atoms with Crippen LogP contribution in [0.4, 0.5) is 17.6 Å². The average molecular weight is 384 g/mol. The fourth-order valence-electron chi connectivity index (χ4n) is 2.55. The SMILES string of the molecule is CCOC(=O)c1cnc2c(-c3cc(F)cc(F)c3F)c(F)ccc2c1Cl. The third-order valence-electron chi connectivity index (χ3n) is 3.68. The number of nitrogens with zero attached hydrogens (tertiary/aromatic N) is 1. The van der Waals surface area contributed by atoms with Gasteiger partial charge in [-0.3, -0.25) is 4.98 Å². The summed E-state index contributed by atoms with van der Waals surface area (Å²) in [5.41, 5.74) is -1.31. The number of rotatable bonds is 3. The van der Waals surface area contributed by atoms with Crippen LogP contribution in [-0.2, 0) is 4.74 Å². The Hall–Kier alpha value is -2.67. The second-order valence-electron chi connectivity index (χ2n) is 5.27. The van der Waals surface area contributed by atoms with Crippen LogP contribution >= 0.6 is 11.6 Å². The van der Waals surface area contributed by atoms with Crippen molar-refractivity contribution in [1.29, 1.82) is 0 Å². The van der Waals surface area contributed by atoms with Crippen LogP contribution in [0.25, 0.3) is 22.0 Å². The molecule has 26 heavy (non-hydrogen) atoms. The summed E-state index contributed by atoms with van der Waals surface area (Å²) in [4.78, 5) is 15.8. The topological polar surface area (TPSA) is 39.2 Å². The van der Waals surface area contributed by atoms with Crippen LogP contribution in [0, 0.1) is 23.3 Å². The molecule has 1 aromatic heterocycles. The number of ether oxygens (including phenoxy) is 1. The normalized spacial score (nSPS) is 11.0. The molecule has 0 N–H and O–H groups in total. The minimum absolute atomic E-state index is 0.0653. The van der Waals surface area contributed by atoms with E-state index in [9.17, 15) is 22.4 Å². The molecule has 0 aliphatic heterocycles. The number of pyridine rings is 1. The molecule has 0 radical (unpaired) electrons. The molecule has 0 fully saturated rings. The van der Waals surface area contributed by atoms with Crippen LogP contribution < -0.4 is 0 Å². The van der Waals surface area contributed by atoms with Gasteiger partial charge < -0.3 is 4.74 Å². The van der Waals surface area contributed by atoms with E-state index in [2.05, 4.69) is 4.98 Å². The maximum atomic E-state index is 14.4. The van der Waals surface area contributed by atoms with Gasteiger partial charge in [-0.15, -0.1) is 0 Å². The van der Waals surface area contributed by atoms with Crippen molar-refractivity contribution in [2.45, 2.75) is 6.92 Å². The van der Waals surface area contributed by atoms with Crippen molar-refractivity contribution in [2.75, 3.05) is 6.61 Å². The Morgan fingerprint density at radius 1 is 1.15 bits per heavy atom. The lowest BCUT2D eigenvalue weighted by molar-refractivity contribution is 0.0526. The first-order chi connectivity index (χ1) is 12.3. The van der Waals surface area contributed by atoms with Crippen molar-refractivity contribution < 1.29 is 27.1 Å². The number of carbonyl (C=O) groups is 1. The molecular weight excluding hydrogens is 374 g/mol. The third kappa shape index (κ3) is 2.99. The second-order valence-corrected chi connectivity index (χ2v) is 5.65. The molecule has 0 atom stereocenters. The zero-order valence-corrected chi connectivity index (χ0v) is 14.0. The number of esters is 1. The summed E-state index contributed by atoms with van der Waals surface area (Å²) < 4.78 is 60.4. The molecular formula is C18H10ClF4NO2. The van der Waals surface area contributed by atoms with Crippen LogP contribution in [0.5, 0.6) is 0 Å². The molecule has 0 spiro atoms. The summed E-state index contributed by atoms with van der Waals surface area (Å²) in [5, 5.41) is 0.0182. The average Bonchev–Trinajstić information content (AvgIpc) is 2.59. The van der Waals surface area contributed by atoms with Crippen LogP contribution in [0.2, 0.25) is 5.02 Å². The standard InChI is InChI=1S/C18H10ClF4NO2/c1-2-26-18(25)11-7-24-17-9(15(11)19)3-4-12(21)14(17)10-5-8(20)6-13(22)16(10)23/h3-7H,2H2,1H3. The predicted octanol–water partition coefficient (Wildman–Crippen LogP) is 5.29. The lowest BCUT2D eigenvalue weighted by atomic mass is 9.99. The predicted molar refractivity (Wildman–Crippen MR) is 88.0 cm³/mol. The van der Waals surface area contributed by atoms with E-state index in [1.54, 1.807) is 6.92 Å². The molecule has 0 saturated carbocycles. The fourth-order valence-corrected chi connectivity index (χ4v) is 2.83. The number of benzene rings is 2. The molecule has 3 aromatic rings. The van der Waals surface area contributed by atoms with Crippen molar-refractivity contribution in [1.82, 2.24) is 4.98 Å². The van der Waals surface area contributed by atoms with Crippen molar-refractivity contribution in [2.24, 2.45) is 0 Å². The van der Waals surface area contributed by atoms with Gasteiger partial charge in [0.2, 0.25) is 0 Å². The molecule has 0 bridgehead atoms. The van der Waals surface area contributed by atoms with E-state index >= 15 is 0 Å². The lowest BCUT2D eigenvalue weighted by Crippen LogP contribution is -2.07. The molecule has 3 nitrogen and oxygen atoms in total. The van der Waals surface area contributed by atoms with Crippen LogP contribution in [-0.4, -0.2) is 17.6 Å². The van der Waals surface area contributed by atoms with Gasteiger partial charge in [-0.2, -0.15) is 0 Å². The molecule has 0 saturated heterocycles. The zero-order chi connectivity index (χ0) is 19.0. The highest BCUT2D eigenvalue weighted by Gasteiger charge is 2.22. The van der Waals surface area contributed by atoms with Gasteiger partial charge in [-0.1, -0.05) is 11.6 Å². The maximum absolute atomic E-state index is 14.4. The van der Waals surface area contributed by atoms with E-state index in [0.717, 1.165) is 12.3 Å². The number of halogens is 5. The highest BCUT2D eigenvalue weighted by atomic mass is 35.5. The van der Waals surface area contributed by atoms with Crippen molar-refractivity contribution in [3.05, 3.63) is 64.3 Å². The van der Waals surface area contributed by atoms with Gasteiger partial charge >= 0.3 is 5.97 Å². The monoisotopic (exact) mass is 383 g/mol. The van der Waals surface area contributed by atoms with E-state index in [1.807, 2.05) is 0 Å². The van der Waals surface area contributed by atoms with Crippen LogP contribution in [0.1, 0.15) is 17.3 Å². The highest BCUT2D eigenvalue weighted by Crippen LogP contribution is 2.36. The number of hydrogen-bond donors (Lipinski definition) is 0. The zero-order valence-electron chi connectivity index (χ0n) is 13.2. The van der Waals surface area contributed by atoms with Gasteiger partial charge in [0.05, 0.1) is 22.7 Å². The molecule has 0 amide bonds. The summed E-state index contributed by atoms with van der Waals surface area (Å²) >= 11 is 6.18. The van der Waals surface area contributed by atoms with E-state index in [0.29, 0.717) is 12.1 Å². The number of hydrogen-bond acceptors (Lipinski definition) is 3. The Kier molecular flexibility index (Phi) is 4.82. The summed E-state index contributed by atoms with van der Waals surface area (Å²) in [7, 11) is 0. The summed E-state index contributed by atoms with van der Waals surface area (Å²) in [5.74, 6) is -5.66. The lowest BCUT2D eigenvalue weighted by Gasteiger charge is -2.12. The largest absolute Gasteiger partial charge is 0.462 e. The van der Waals surface area contributed by atoms with Crippen molar-refractivity contribution >= 4 is 28.5 Å². The Labute approximate surface area is 150 Å². The summed E-state index contributed by atoms with van der Waals surface area (Å²) in [6.07, 6.45) is 1.04. The molecule has 0 aliphatic rings. The fraction of sp³-hybridized carbons (Fsp3) is 0.111. The number of fused-ring (bicyclic) bond motifs is 1. The van der Waals surface area contributed by atoms with Crippen LogP contribution in [0.15, 0.2) is 30.5 Å². The minimum atomic E-state index is -1.47. The molecule has 2 aromatic carbocycles. The highest BCUT2D eigenvalue weighted by molar-refractivity contribution is 6.38. The Bertz CT molecular complexity index is 1040. The maximum Gasteiger partial charge on any atom is 0.341 e. The third-order valence-corrected chi connectivity index (χ3v) is 4.09. The molecule has 8 heteroatoms. The first kappa shape index (κ1) is 18.1. The van der Waals surface area contributed by atoms with Crippen LogP contribution in [0.3, 0.4) is 0 Å². The smallest absolute Gasteiger partial charge is 0.341 e. The van der Waals surface area contributed by atoms with Crippen molar-refractivity contribution in [3.8, 4) is 11.1 Å². The van der Waals surface area contributed by atoms with Gasteiger partial charge in [0.15, 0.2) is 11.6 Å². The Balaban J connectivity index is 2.33. The van der Waals surface area contributed by atoms with E-state index < -0.39 is 40.4 Å².